The predicted molar refractivity (Wildman–Crippen MR) is 109 cm³/mol. The van der Waals surface area contributed by atoms with E-state index >= 15 is 0 Å². The Morgan fingerprint density at radius 3 is 2.50 bits per heavy atom. The van der Waals surface area contributed by atoms with Crippen molar-refractivity contribution >= 4 is 23.2 Å². The summed E-state index contributed by atoms with van der Waals surface area (Å²) in [6.07, 6.45) is 3.93. The minimum absolute atomic E-state index is 0.0940. The van der Waals surface area contributed by atoms with Crippen LogP contribution in [-0.2, 0) is 11.2 Å². The third-order valence-electron chi connectivity index (χ3n) is 4.04. The van der Waals surface area contributed by atoms with Gasteiger partial charge in [0.25, 0.3) is 11.8 Å². The van der Waals surface area contributed by atoms with Crippen LogP contribution in [0.1, 0.15) is 22.8 Å². The number of carbonyl (C=O) groups is 2. The molecule has 28 heavy (non-hydrogen) atoms. The molecule has 0 saturated carbocycles. The van der Waals surface area contributed by atoms with Crippen molar-refractivity contribution in [1.82, 2.24) is 4.98 Å². The van der Waals surface area contributed by atoms with Crippen LogP contribution < -0.4 is 15.4 Å². The van der Waals surface area contributed by atoms with Crippen molar-refractivity contribution in [3.05, 3.63) is 84.2 Å². The van der Waals surface area contributed by atoms with E-state index in [1.165, 1.54) is 6.20 Å². The molecule has 2 aromatic carbocycles. The molecular weight excluding hydrogens is 354 g/mol. The summed E-state index contributed by atoms with van der Waals surface area (Å²) < 4.78 is 5.63. The van der Waals surface area contributed by atoms with Crippen molar-refractivity contribution in [2.75, 3.05) is 17.2 Å². The third-order valence-corrected chi connectivity index (χ3v) is 4.04. The van der Waals surface area contributed by atoms with Gasteiger partial charge in [0.2, 0.25) is 0 Å². The lowest BCUT2D eigenvalue weighted by molar-refractivity contribution is -0.118. The zero-order chi connectivity index (χ0) is 19.8. The molecule has 6 nitrogen and oxygen atoms in total. The predicted octanol–water partition coefficient (Wildman–Crippen LogP) is 3.91. The number of ether oxygens (including phenoxy) is 1. The number of benzene rings is 2. The Kier molecular flexibility index (Phi) is 6.36. The summed E-state index contributed by atoms with van der Waals surface area (Å²) in [5.41, 5.74) is 2.65. The average molecular weight is 375 g/mol. The van der Waals surface area contributed by atoms with Gasteiger partial charge in [-0.05, 0) is 48.4 Å². The summed E-state index contributed by atoms with van der Waals surface area (Å²) in [6.45, 7) is 1.94. The number of aryl methyl sites for hydroxylation is 1. The lowest BCUT2D eigenvalue weighted by Gasteiger charge is -2.11. The monoisotopic (exact) mass is 375 g/mol. The van der Waals surface area contributed by atoms with Gasteiger partial charge in [-0.15, -0.1) is 0 Å². The van der Waals surface area contributed by atoms with Crippen LogP contribution in [0.5, 0.6) is 5.75 Å². The number of aromatic nitrogens is 1. The summed E-state index contributed by atoms with van der Waals surface area (Å²) in [4.78, 5) is 28.3. The zero-order valence-electron chi connectivity index (χ0n) is 15.5. The number of hydrogen-bond acceptors (Lipinski definition) is 4. The van der Waals surface area contributed by atoms with E-state index in [9.17, 15) is 9.59 Å². The lowest BCUT2D eigenvalue weighted by atomic mass is 10.1. The normalized spacial score (nSPS) is 10.2. The van der Waals surface area contributed by atoms with Gasteiger partial charge in [-0.3, -0.25) is 14.6 Å². The molecule has 3 aromatic rings. The Morgan fingerprint density at radius 1 is 0.964 bits per heavy atom. The topological polar surface area (TPSA) is 80.3 Å². The van der Waals surface area contributed by atoms with Gasteiger partial charge in [-0.25, -0.2) is 0 Å². The Balaban J connectivity index is 1.58. The van der Waals surface area contributed by atoms with Crippen molar-refractivity contribution in [3.63, 3.8) is 0 Å². The fourth-order valence-electron chi connectivity index (χ4n) is 2.65. The number of pyridine rings is 1. The second kappa shape index (κ2) is 9.32. The number of para-hydroxylation sites is 1. The number of nitrogens with zero attached hydrogens (tertiary/aromatic N) is 1. The first-order chi connectivity index (χ1) is 13.7. The molecule has 0 saturated heterocycles. The summed E-state index contributed by atoms with van der Waals surface area (Å²) in [5, 5.41) is 5.56. The first-order valence-electron chi connectivity index (χ1n) is 8.97. The Hall–Kier alpha value is -3.67. The highest BCUT2D eigenvalue weighted by molar-refractivity contribution is 6.04. The molecular formula is C22H21N3O3. The first-order valence-corrected chi connectivity index (χ1v) is 8.97. The fraction of sp³-hybridized carbons (Fsp3) is 0.136. The van der Waals surface area contributed by atoms with E-state index in [1.54, 1.807) is 42.6 Å². The lowest BCUT2D eigenvalue weighted by Crippen LogP contribution is -2.20. The summed E-state index contributed by atoms with van der Waals surface area (Å²) in [5.74, 6) is 0.162. The van der Waals surface area contributed by atoms with Crippen LogP contribution in [-0.4, -0.2) is 23.4 Å². The van der Waals surface area contributed by atoms with Crippen molar-refractivity contribution in [3.8, 4) is 5.75 Å². The van der Waals surface area contributed by atoms with E-state index in [1.807, 2.05) is 31.2 Å². The smallest absolute Gasteiger partial charge is 0.262 e. The molecule has 0 aliphatic heterocycles. The third kappa shape index (κ3) is 5.17. The molecule has 2 amide bonds. The summed E-state index contributed by atoms with van der Waals surface area (Å²) in [6, 6.07) is 17.9. The van der Waals surface area contributed by atoms with Crippen molar-refractivity contribution in [2.45, 2.75) is 13.3 Å². The number of carbonyl (C=O) groups excluding carboxylic acids is 2. The van der Waals surface area contributed by atoms with Crippen LogP contribution >= 0.6 is 0 Å². The van der Waals surface area contributed by atoms with Gasteiger partial charge in [0.05, 0.1) is 5.56 Å². The van der Waals surface area contributed by atoms with Crippen molar-refractivity contribution < 1.29 is 14.3 Å². The number of amides is 2. The largest absolute Gasteiger partial charge is 0.483 e. The van der Waals surface area contributed by atoms with Gasteiger partial charge in [-0.2, -0.15) is 0 Å². The molecule has 1 heterocycles. The second-order valence-corrected chi connectivity index (χ2v) is 6.07. The molecule has 0 radical (unpaired) electrons. The number of hydrogen-bond donors (Lipinski definition) is 2. The molecule has 0 atom stereocenters. The second-order valence-electron chi connectivity index (χ2n) is 6.07. The SMILES string of the molecule is CCc1ccccc1OCC(=O)Nc1cccc(NC(=O)c2cccnc2)c1. The molecule has 0 unspecified atom stereocenters. The van der Waals surface area contributed by atoms with E-state index in [2.05, 4.69) is 15.6 Å². The van der Waals surface area contributed by atoms with Crippen LogP contribution in [0.25, 0.3) is 0 Å². The zero-order valence-corrected chi connectivity index (χ0v) is 15.5. The number of nitrogens with one attached hydrogen (secondary N) is 2. The van der Waals surface area contributed by atoms with Crippen molar-refractivity contribution in [1.29, 1.82) is 0 Å². The van der Waals surface area contributed by atoms with E-state index in [0.717, 1.165) is 12.0 Å². The van der Waals surface area contributed by atoms with Crippen LogP contribution in [0.15, 0.2) is 73.1 Å². The first kappa shape index (κ1) is 19.1. The maximum absolute atomic E-state index is 12.2. The standard InChI is InChI=1S/C22H21N3O3/c1-2-16-7-3-4-11-20(16)28-15-21(26)24-18-9-5-10-19(13-18)25-22(27)17-8-6-12-23-14-17/h3-14H,2,15H2,1H3,(H,24,26)(H,25,27). The van der Waals surface area contributed by atoms with E-state index in [-0.39, 0.29) is 18.4 Å². The molecule has 0 bridgehead atoms. The molecule has 3 rings (SSSR count). The Morgan fingerprint density at radius 2 is 1.75 bits per heavy atom. The van der Waals surface area contributed by atoms with Crippen LogP contribution in [0.2, 0.25) is 0 Å². The van der Waals surface area contributed by atoms with Gasteiger partial charge in [0.1, 0.15) is 5.75 Å². The number of rotatable bonds is 7. The molecule has 0 spiro atoms. The van der Waals surface area contributed by atoms with Gasteiger partial charge in [-0.1, -0.05) is 31.2 Å². The van der Waals surface area contributed by atoms with Crippen LogP contribution in [0.3, 0.4) is 0 Å². The van der Waals surface area contributed by atoms with Gasteiger partial charge >= 0.3 is 0 Å². The highest BCUT2D eigenvalue weighted by Gasteiger charge is 2.09. The maximum atomic E-state index is 12.2. The molecule has 0 aliphatic carbocycles. The molecule has 1 aromatic heterocycles. The van der Waals surface area contributed by atoms with Gasteiger partial charge in [0, 0.05) is 23.8 Å². The van der Waals surface area contributed by atoms with Crippen LogP contribution in [0.4, 0.5) is 11.4 Å². The molecule has 142 valence electrons. The van der Waals surface area contributed by atoms with Crippen molar-refractivity contribution in [2.24, 2.45) is 0 Å². The quantitative estimate of drug-likeness (QED) is 0.656. The molecule has 6 heteroatoms. The molecule has 0 fully saturated rings. The van der Waals surface area contributed by atoms with E-state index in [0.29, 0.717) is 22.7 Å². The number of anilines is 2. The maximum Gasteiger partial charge on any atom is 0.262 e. The highest BCUT2D eigenvalue weighted by Crippen LogP contribution is 2.19. The molecule has 2 N–H and O–H groups in total. The fourth-order valence-corrected chi connectivity index (χ4v) is 2.65. The highest BCUT2D eigenvalue weighted by atomic mass is 16.5. The Labute approximate surface area is 163 Å². The van der Waals surface area contributed by atoms with Gasteiger partial charge in [0.15, 0.2) is 6.61 Å². The minimum Gasteiger partial charge on any atom is -0.483 e. The Bertz CT molecular complexity index is 958. The van der Waals surface area contributed by atoms with E-state index < -0.39 is 0 Å². The average Bonchev–Trinajstić information content (AvgIpc) is 2.73. The minimum atomic E-state index is -0.276. The van der Waals surface area contributed by atoms with Gasteiger partial charge < -0.3 is 15.4 Å². The summed E-state index contributed by atoms with van der Waals surface area (Å²) >= 11 is 0. The summed E-state index contributed by atoms with van der Waals surface area (Å²) in [7, 11) is 0. The van der Waals surface area contributed by atoms with E-state index in [4.69, 9.17) is 4.74 Å². The van der Waals surface area contributed by atoms with Crippen LogP contribution in [0, 0.1) is 0 Å². The molecule has 0 aliphatic rings.